The molecule has 366 valence electrons. The fourth-order valence-electron chi connectivity index (χ4n) is 12.2. The molecule has 0 aliphatic heterocycles. The molecule has 0 bridgehead atoms. The summed E-state index contributed by atoms with van der Waals surface area (Å²) in [6, 6.07) is 118. The molecule has 1 heteroatoms. The largest absolute Gasteiger partial charge is 0.311 e. The van der Waals surface area contributed by atoms with Gasteiger partial charge in [-0.3, -0.25) is 0 Å². The maximum atomic E-state index is 2.39. The third-order valence-corrected chi connectivity index (χ3v) is 15.9. The lowest BCUT2D eigenvalue weighted by atomic mass is 9.67. The van der Waals surface area contributed by atoms with Crippen LogP contribution < -0.4 is 4.90 Å². The molecule has 0 N–H and O–H groups in total. The van der Waals surface area contributed by atoms with E-state index in [2.05, 4.69) is 326 Å². The molecule has 1 nitrogen and oxygen atoms in total. The minimum atomic E-state index is -0.469. The van der Waals surface area contributed by atoms with Gasteiger partial charge in [-0.15, -0.1) is 0 Å². The van der Waals surface area contributed by atoms with E-state index in [0.717, 1.165) is 22.6 Å². The van der Waals surface area contributed by atoms with Crippen molar-refractivity contribution in [2.24, 2.45) is 0 Å². The second-order valence-electron chi connectivity index (χ2n) is 20.4. The van der Waals surface area contributed by atoms with E-state index in [9.17, 15) is 0 Å². The van der Waals surface area contributed by atoms with Gasteiger partial charge in [-0.05, 0) is 178 Å². The summed E-state index contributed by atoms with van der Waals surface area (Å²) in [4.78, 5) is 2.39. The molecule has 0 unspecified atom stereocenters. The number of nitrogens with zero attached hydrogens (tertiary/aromatic N) is 1. The first-order valence-corrected chi connectivity index (χ1v) is 27.0. The molecule has 13 aromatic carbocycles. The summed E-state index contributed by atoms with van der Waals surface area (Å²) in [6.45, 7) is 0. The highest BCUT2D eigenvalue weighted by Crippen LogP contribution is 2.58. The summed E-state index contributed by atoms with van der Waals surface area (Å²) in [7, 11) is 0. The highest BCUT2D eigenvalue weighted by Gasteiger charge is 2.46. The van der Waals surface area contributed by atoms with Gasteiger partial charge in [0.1, 0.15) is 0 Å². The Morgan fingerprint density at radius 2 is 0.564 bits per heavy atom. The zero-order valence-electron chi connectivity index (χ0n) is 43.0. The molecule has 0 saturated heterocycles. The van der Waals surface area contributed by atoms with E-state index in [1.54, 1.807) is 0 Å². The van der Waals surface area contributed by atoms with Crippen molar-refractivity contribution in [1.29, 1.82) is 0 Å². The Morgan fingerprint density at radius 1 is 0.205 bits per heavy atom. The minimum Gasteiger partial charge on any atom is -0.311 e. The molecule has 0 heterocycles. The van der Waals surface area contributed by atoms with Gasteiger partial charge >= 0.3 is 0 Å². The van der Waals surface area contributed by atoms with E-state index in [1.165, 1.54) is 105 Å². The van der Waals surface area contributed by atoms with Crippen molar-refractivity contribution in [3.8, 4) is 77.9 Å². The number of hydrogen-bond acceptors (Lipinski definition) is 1. The van der Waals surface area contributed by atoms with E-state index in [-0.39, 0.29) is 0 Å². The van der Waals surface area contributed by atoms with Crippen LogP contribution in [0.3, 0.4) is 0 Å². The van der Waals surface area contributed by atoms with E-state index in [4.69, 9.17) is 0 Å². The van der Waals surface area contributed by atoms with Crippen molar-refractivity contribution in [3.05, 3.63) is 344 Å². The third kappa shape index (κ3) is 8.30. The normalized spacial score (nSPS) is 12.2. The molecule has 13 aromatic rings. The number of rotatable bonds is 11. The van der Waals surface area contributed by atoms with Crippen LogP contribution >= 0.6 is 0 Å². The van der Waals surface area contributed by atoms with Gasteiger partial charge in [-0.25, -0.2) is 0 Å². The second kappa shape index (κ2) is 19.9. The van der Waals surface area contributed by atoms with Gasteiger partial charge in [0.05, 0.1) is 5.41 Å². The monoisotopic (exact) mass is 991 g/mol. The van der Waals surface area contributed by atoms with Crippen LogP contribution in [0.15, 0.2) is 322 Å². The Hall–Kier alpha value is -10.1. The van der Waals surface area contributed by atoms with Crippen LogP contribution in [0.5, 0.6) is 0 Å². The highest BCUT2D eigenvalue weighted by molar-refractivity contribution is 5.96. The molecule has 0 fully saturated rings. The Kier molecular flexibility index (Phi) is 11.8. The van der Waals surface area contributed by atoms with Crippen molar-refractivity contribution in [2.75, 3.05) is 4.90 Å². The van der Waals surface area contributed by atoms with Crippen LogP contribution in [0.4, 0.5) is 17.1 Å². The van der Waals surface area contributed by atoms with Gasteiger partial charge in [-0.2, -0.15) is 0 Å². The molecular weight excluding hydrogens is 939 g/mol. The van der Waals surface area contributed by atoms with E-state index in [1.807, 2.05) is 0 Å². The first-order valence-electron chi connectivity index (χ1n) is 27.0. The van der Waals surface area contributed by atoms with Crippen LogP contribution in [0.25, 0.3) is 88.7 Å². The minimum absolute atomic E-state index is 0.469. The van der Waals surface area contributed by atoms with Crippen molar-refractivity contribution in [3.63, 3.8) is 0 Å². The maximum Gasteiger partial charge on any atom is 0.0713 e. The lowest BCUT2D eigenvalue weighted by molar-refractivity contribution is 0.768. The van der Waals surface area contributed by atoms with Gasteiger partial charge in [0.2, 0.25) is 0 Å². The van der Waals surface area contributed by atoms with Crippen molar-refractivity contribution >= 4 is 27.8 Å². The molecule has 78 heavy (non-hydrogen) atoms. The smallest absolute Gasteiger partial charge is 0.0713 e. The molecule has 0 amide bonds. The Morgan fingerprint density at radius 3 is 1.13 bits per heavy atom. The SMILES string of the molecule is c1ccc(-c2cc(-c3ccccc3)cc(-c3ccc(N(c4ccc(-c5cccc(-c6ccc7ccccc7c6)c5)cc4)c4ccc(-c5cccc6c5-c5ccccc5C6(c5ccccc5)c5ccccc5)cc4)cc3)c2)cc1. The fourth-order valence-corrected chi connectivity index (χ4v) is 12.2. The van der Waals surface area contributed by atoms with E-state index < -0.39 is 5.41 Å². The lowest BCUT2D eigenvalue weighted by Crippen LogP contribution is -2.28. The predicted molar refractivity (Wildman–Crippen MR) is 329 cm³/mol. The van der Waals surface area contributed by atoms with Crippen molar-refractivity contribution in [1.82, 2.24) is 0 Å². The predicted octanol–water partition coefficient (Wildman–Crippen LogP) is 20.7. The Labute approximate surface area is 457 Å². The summed E-state index contributed by atoms with van der Waals surface area (Å²) in [5, 5.41) is 2.49. The summed E-state index contributed by atoms with van der Waals surface area (Å²) < 4.78 is 0. The molecule has 0 saturated carbocycles. The number of anilines is 3. The van der Waals surface area contributed by atoms with Crippen LogP contribution in [-0.4, -0.2) is 0 Å². The standard InChI is InChI=1S/C77H53N/c1-5-19-54(20-6-1)64-51-65(55-21-7-2-8-22-55)53-66(52-64)58-39-45-70(46-40-58)78(69-43-37-57(38-44-69)61-25-17-26-62(49-61)63-36-35-56-23-13-14-24-60(56)50-63)71-47-41-59(42-48-71)72-32-18-34-75-76(72)73-31-15-16-33-74(73)77(75,67-27-9-3-10-28-67)68-29-11-4-12-30-68/h1-53H. The number of fused-ring (bicyclic) bond motifs is 4. The summed E-state index contributed by atoms with van der Waals surface area (Å²) in [5.41, 5.74) is 24.7. The Bertz CT molecular complexity index is 4160. The summed E-state index contributed by atoms with van der Waals surface area (Å²) in [5.74, 6) is 0. The molecule has 0 radical (unpaired) electrons. The van der Waals surface area contributed by atoms with Crippen LogP contribution in [0.1, 0.15) is 22.3 Å². The van der Waals surface area contributed by atoms with Gasteiger partial charge in [-0.1, -0.05) is 255 Å². The molecule has 0 atom stereocenters. The van der Waals surface area contributed by atoms with Gasteiger partial charge < -0.3 is 4.90 Å². The van der Waals surface area contributed by atoms with Crippen molar-refractivity contribution < 1.29 is 0 Å². The first-order chi connectivity index (χ1) is 38.7. The molecule has 0 aromatic heterocycles. The average molecular weight is 992 g/mol. The second-order valence-corrected chi connectivity index (χ2v) is 20.4. The van der Waals surface area contributed by atoms with Crippen molar-refractivity contribution in [2.45, 2.75) is 5.41 Å². The number of benzene rings is 13. The highest BCUT2D eigenvalue weighted by atomic mass is 15.1. The molecule has 1 aliphatic carbocycles. The molecule has 14 rings (SSSR count). The zero-order chi connectivity index (χ0) is 51.8. The summed E-state index contributed by atoms with van der Waals surface area (Å²) in [6.07, 6.45) is 0. The zero-order valence-corrected chi connectivity index (χ0v) is 43.0. The summed E-state index contributed by atoms with van der Waals surface area (Å²) >= 11 is 0. The Balaban J connectivity index is 0.865. The average Bonchev–Trinajstić information content (AvgIpc) is 3.64. The quantitative estimate of drug-likeness (QED) is 0.125. The van der Waals surface area contributed by atoms with Gasteiger partial charge in [0.25, 0.3) is 0 Å². The lowest BCUT2D eigenvalue weighted by Gasteiger charge is -2.34. The van der Waals surface area contributed by atoms with Gasteiger partial charge in [0.15, 0.2) is 0 Å². The van der Waals surface area contributed by atoms with Crippen LogP contribution in [0.2, 0.25) is 0 Å². The van der Waals surface area contributed by atoms with E-state index in [0.29, 0.717) is 0 Å². The van der Waals surface area contributed by atoms with Gasteiger partial charge in [0, 0.05) is 17.1 Å². The van der Waals surface area contributed by atoms with Crippen LogP contribution in [0, 0.1) is 0 Å². The molecule has 0 spiro atoms. The fraction of sp³-hybridized carbons (Fsp3) is 0.0130. The molecular formula is C77H53N. The van der Waals surface area contributed by atoms with Crippen LogP contribution in [-0.2, 0) is 5.41 Å². The topological polar surface area (TPSA) is 3.24 Å². The molecule has 1 aliphatic rings. The third-order valence-electron chi connectivity index (χ3n) is 15.9. The number of hydrogen-bond donors (Lipinski definition) is 0. The maximum absolute atomic E-state index is 2.39. The first kappa shape index (κ1) is 46.5. The van der Waals surface area contributed by atoms with E-state index >= 15 is 0 Å².